The first kappa shape index (κ1) is 15.6. The first-order chi connectivity index (χ1) is 11.1. The van der Waals surface area contributed by atoms with Gasteiger partial charge in [0.2, 0.25) is 5.91 Å². The molecular weight excluding hydrogens is 284 g/mol. The minimum absolute atomic E-state index is 0.0513. The van der Waals surface area contributed by atoms with Gasteiger partial charge in [0, 0.05) is 17.9 Å². The van der Waals surface area contributed by atoms with Gasteiger partial charge in [0.15, 0.2) is 0 Å². The van der Waals surface area contributed by atoms with Gasteiger partial charge in [0.05, 0.1) is 0 Å². The number of aryl methyl sites for hydroxylation is 3. The number of anilines is 2. The minimum atomic E-state index is -0.184. The van der Waals surface area contributed by atoms with Crippen LogP contribution in [0.25, 0.3) is 0 Å². The summed E-state index contributed by atoms with van der Waals surface area (Å²) < 4.78 is 0. The van der Waals surface area contributed by atoms with E-state index in [9.17, 15) is 4.79 Å². The van der Waals surface area contributed by atoms with Gasteiger partial charge in [0.1, 0.15) is 6.04 Å². The maximum Gasteiger partial charge on any atom is 0.246 e. The number of carbonyl (C=O) groups is 1. The summed E-state index contributed by atoms with van der Waals surface area (Å²) in [4.78, 5) is 15.0. The fourth-order valence-corrected chi connectivity index (χ4v) is 3.21. The van der Waals surface area contributed by atoms with E-state index in [0.717, 1.165) is 36.2 Å². The van der Waals surface area contributed by atoms with Crippen molar-refractivity contribution < 1.29 is 4.79 Å². The van der Waals surface area contributed by atoms with Crippen LogP contribution in [0.5, 0.6) is 0 Å². The number of nitrogens with zero attached hydrogens (tertiary/aromatic N) is 1. The lowest BCUT2D eigenvalue weighted by molar-refractivity contribution is -0.117. The first-order valence-corrected chi connectivity index (χ1v) is 8.29. The van der Waals surface area contributed by atoms with Crippen molar-refractivity contribution in [3.05, 3.63) is 59.2 Å². The summed E-state index contributed by atoms with van der Waals surface area (Å²) in [6.45, 7) is 6.98. The lowest BCUT2D eigenvalue weighted by Gasteiger charge is -2.35. The Balaban J connectivity index is 1.79. The molecule has 3 heteroatoms. The van der Waals surface area contributed by atoms with Crippen LogP contribution in [0.15, 0.2) is 42.5 Å². The van der Waals surface area contributed by atoms with E-state index in [-0.39, 0.29) is 11.9 Å². The smallest absolute Gasteiger partial charge is 0.246 e. The molecule has 0 saturated carbocycles. The van der Waals surface area contributed by atoms with Gasteiger partial charge in [-0.2, -0.15) is 0 Å². The van der Waals surface area contributed by atoms with Crippen LogP contribution in [-0.4, -0.2) is 18.5 Å². The Hall–Kier alpha value is -2.29. The van der Waals surface area contributed by atoms with Crippen molar-refractivity contribution in [2.24, 2.45) is 0 Å². The third-order valence-corrected chi connectivity index (χ3v) is 4.64. The Morgan fingerprint density at radius 2 is 1.96 bits per heavy atom. The van der Waals surface area contributed by atoms with Crippen LogP contribution in [0, 0.1) is 13.8 Å². The molecule has 0 aliphatic carbocycles. The zero-order chi connectivity index (χ0) is 16.4. The Morgan fingerprint density at radius 1 is 1.17 bits per heavy atom. The second kappa shape index (κ2) is 6.45. The average Bonchev–Trinajstić information content (AvgIpc) is 2.57. The Morgan fingerprint density at radius 3 is 2.78 bits per heavy atom. The number of para-hydroxylation sites is 1. The lowest BCUT2D eigenvalue weighted by atomic mass is 10.00. The summed E-state index contributed by atoms with van der Waals surface area (Å²) in [5, 5.41) is 3.10. The predicted molar refractivity (Wildman–Crippen MR) is 96.1 cm³/mol. The maximum absolute atomic E-state index is 12.7. The normalized spacial score (nSPS) is 15.0. The molecule has 2 aromatic carbocycles. The number of amides is 1. The first-order valence-electron chi connectivity index (χ1n) is 8.29. The molecule has 0 bridgehead atoms. The molecule has 3 nitrogen and oxygen atoms in total. The van der Waals surface area contributed by atoms with Gasteiger partial charge < -0.3 is 10.2 Å². The second-order valence-corrected chi connectivity index (χ2v) is 6.41. The van der Waals surface area contributed by atoms with Crippen molar-refractivity contribution in [1.82, 2.24) is 0 Å². The van der Waals surface area contributed by atoms with Crippen LogP contribution in [0.3, 0.4) is 0 Å². The summed E-state index contributed by atoms with van der Waals surface area (Å²) in [7, 11) is 0. The Kier molecular flexibility index (Phi) is 4.37. The molecule has 1 heterocycles. The lowest BCUT2D eigenvalue weighted by Crippen LogP contribution is -2.44. The summed E-state index contributed by atoms with van der Waals surface area (Å²) in [5.74, 6) is 0.0513. The number of fused-ring (bicyclic) bond motifs is 1. The molecule has 0 radical (unpaired) electrons. The van der Waals surface area contributed by atoms with Gasteiger partial charge >= 0.3 is 0 Å². The average molecular weight is 308 g/mol. The van der Waals surface area contributed by atoms with Crippen LogP contribution < -0.4 is 10.2 Å². The maximum atomic E-state index is 12.7. The Bertz CT molecular complexity index is 723. The van der Waals surface area contributed by atoms with E-state index in [1.54, 1.807) is 0 Å². The van der Waals surface area contributed by atoms with Gasteiger partial charge in [-0.1, -0.05) is 30.3 Å². The second-order valence-electron chi connectivity index (χ2n) is 6.41. The fraction of sp³-hybridized carbons (Fsp3) is 0.350. The molecule has 0 saturated heterocycles. The van der Waals surface area contributed by atoms with Crippen LogP contribution in [0.1, 0.15) is 30.0 Å². The molecule has 3 rings (SSSR count). The van der Waals surface area contributed by atoms with Gasteiger partial charge in [-0.05, 0) is 62.4 Å². The summed E-state index contributed by atoms with van der Waals surface area (Å²) in [6.07, 6.45) is 2.19. The molecule has 0 unspecified atom stereocenters. The van der Waals surface area contributed by atoms with Gasteiger partial charge in [0.25, 0.3) is 0 Å². The number of carbonyl (C=O) groups excluding carboxylic acids is 1. The highest BCUT2D eigenvalue weighted by Crippen LogP contribution is 2.29. The number of benzene rings is 2. The molecule has 1 aliphatic rings. The highest BCUT2D eigenvalue weighted by atomic mass is 16.2. The standard InChI is InChI=1S/C20H24N2O/c1-14-10-11-15(2)18(13-14)21-20(23)16(3)22-12-6-8-17-7-4-5-9-19(17)22/h4-5,7,9-11,13,16H,6,8,12H2,1-3H3,(H,21,23)/t16-/m0/s1. The number of nitrogens with one attached hydrogen (secondary N) is 1. The zero-order valence-corrected chi connectivity index (χ0v) is 14.1. The van der Waals surface area contributed by atoms with E-state index in [2.05, 4.69) is 34.5 Å². The van der Waals surface area contributed by atoms with E-state index >= 15 is 0 Å². The fourth-order valence-electron chi connectivity index (χ4n) is 3.21. The molecular formula is C20H24N2O. The molecule has 120 valence electrons. The molecule has 0 fully saturated rings. The van der Waals surface area contributed by atoms with Crippen molar-refractivity contribution in [3.63, 3.8) is 0 Å². The van der Waals surface area contributed by atoms with Crippen LogP contribution in [-0.2, 0) is 11.2 Å². The van der Waals surface area contributed by atoms with E-state index in [4.69, 9.17) is 0 Å². The quantitative estimate of drug-likeness (QED) is 0.926. The van der Waals surface area contributed by atoms with Gasteiger partial charge in [-0.25, -0.2) is 0 Å². The number of hydrogen-bond acceptors (Lipinski definition) is 2. The SMILES string of the molecule is Cc1ccc(C)c(NC(=O)[C@H](C)N2CCCc3ccccc32)c1. The topological polar surface area (TPSA) is 32.3 Å². The predicted octanol–water partition coefficient (Wildman–Crippen LogP) is 4.08. The molecule has 1 N–H and O–H groups in total. The zero-order valence-electron chi connectivity index (χ0n) is 14.1. The molecule has 1 atom stereocenters. The third-order valence-electron chi connectivity index (χ3n) is 4.64. The van der Waals surface area contributed by atoms with E-state index in [1.807, 2.05) is 39.0 Å². The van der Waals surface area contributed by atoms with Crippen molar-refractivity contribution in [2.75, 3.05) is 16.8 Å². The number of rotatable bonds is 3. The van der Waals surface area contributed by atoms with Crippen LogP contribution in [0.2, 0.25) is 0 Å². The number of hydrogen-bond donors (Lipinski definition) is 1. The minimum Gasteiger partial charge on any atom is -0.360 e. The van der Waals surface area contributed by atoms with Crippen molar-refractivity contribution in [3.8, 4) is 0 Å². The van der Waals surface area contributed by atoms with Crippen LogP contribution >= 0.6 is 0 Å². The van der Waals surface area contributed by atoms with E-state index in [0.29, 0.717) is 0 Å². The van der Waals surface area contributed by atoms with E-state index in [1.165, 1.54) is 11.3 Å². The van der Waals surface area contributed by atoms with Crippen molar-refractivity contribution in [2.45, 2.75) is 39.7 Å². The van der Waals surface area contributed by atoms with Gasteiger partial charge in [-0.3, -0.25) is 4.79 Å². The molecule has 2 aromatic rings. The van der Waals surface area contributed by atoms with Crippen molar-refractivity contribution in [1.29, 1.82) is 0 Å². The highest BCUT2D eigenvalue weighted by Gasteiger charge is 2.26. The monoisotopic (exact) mass is 308 g/mol. The summed E-state index contributed by atoms with van der Waals surface area (Å²) >= 11 is 0. The van der Waals surface area contributed by atoms with Crippen molar-refractivity contribution >= 4 is 17.3 Å². The molecule has 1 amide bonds. The largest absolute Gasteiger partial charge is 0.360 e. The Labute approximate surface area is 138 Å². The van der Waals surface area contributed by atoms with Crippen LogP contribution in [0.4, 0.5) is 11.4 Å². The molecule has 0 spiro atoms. The molecule has 1 aliphatic heterocycles. The third kappa shape index (κ3) is 3.24. The molecule has 0 aromatic heterocycles. The summed E-state index contributed by atoms with van der Waals surface area (Å²) in [6, 6.07) is 14.4. The van der Waals surface area contributed by atoms with E-state index < -0.39 is 0 Å². The van der Waals surface area contributed by atoms with Gasteiger partial charge in [-0.15, -0.1) is 0 Å². The molecule has 23 heavy (non-hydrogen) atoms. The summed E-state index contributed by atoms with van der Waals surface area (Å²) in [5.41, 5.74) is 5.69. The highest BCUT2D eigenvalue weighted by molar-refractivity contribution is 5.97.